The minimum atomic E-state index is -1.36. The third-order valence-electron chi connectivity index (χ3n) is 7.38. The number of aryl methyl sites for hydroxylation is 1. The molecule has 4 aromatic rings. The second-order valence-corrected chi connectivity index (χ2v) is 9.69. The topological polar surface area (TPSA) is 129 Å². The molecule has 5 rings (SSSR count). The number of H-pyrrole nitrogens is 1. The number of aliphatic hydroxyl groups is 1. The predicted molar refractivity (Wildman–Crippen MR) is 145 cm³/mol. The van der Waals surface area contributed by atoms with Gasteiger partial charge in [-0.3, -0.25) is 19.2 Å². The molecule has 1 fully saturated rings. The number of benzene rings is 3. The van der Waals surface area contributed by atoms with Gasteiger partial charge in [0, 0.05) is 18.2 Å². The molecule has 0 amide bonds. The van der Waals surface area contributed by atoms with Crippen LogP contribution in [-0.4, -0.2) is 39.6 Å². The van der Waals surface area contributed by atoms with Crippen LogP contribution in [0.25, 0.3) is 0 Å². The van der Waals surface area contributed by atoms with Gasteiger partial charge in [0.05, 0.1) is 13.2 Å². The number of nitrogens with two attached hydrogens (primary N) is 1. The number of aliphatic hydroxyl groups excluding tert-OH is 1. The van der Waals surface area contributed by atoms with Crippen molar-refractivity contribution in [2.75, 3.05) is 13.2 Å². The first-order chi connectivity index (χ1) is 18.9. The zero-order valence-corrected chi connectivity index (χ0v) is 21.5. The summed E-state index contributed by atoms with van der Waals surface area (Å²) in [5.74, 6) is 5.73. The summed E-state index contributed by atoms with van der Waals surface area (Å²) in [6.07, 6.45) is -0.214. The lowest BCUT2D eigenvalue weighted by atomic mass is 9.80. The largest absolute Gasteiger partial charge is 0.393 e. The molecule has 1 aliphatic heterocycles. The Kier molecular flexibility index (Phi) is 7.60. The van der Waals surface area contributed by atoms with Crippen molar-refractivity contribution in [2.45, 2.75) is 36.9 Å². The van der Waals surface area contributed by atoms with Gasteiger partial charge in [-0.1, -0.05) is 91.0 Å². The molecule has 2 heterocycles. The summed E-state index contributed by atoms with van der Waals surface area (Å²) in [7, 11) is 0. The molecule has 1 aromatic heterocycles. The molecular weight excluding hydrogens is 498 g/mol. The minimum Gasteiger partial charge on any atom is -0.393 e. The smallest absolute Gasteiger partial charge is 0.330 e. The number of hydrogen-bond donors (Lipinski definition) is 3. The first-order valence-corrected chi connectivity index (χ1v) is 12.7. The van der Waals surface area contributed by atoms with Crippen LogP contribution < -0.4 is 17.1 Å². The van der Waals surface area contributed by atoms with Crippen molar-refractivity contribution in [2.24, 2.45) is 5.90 Å². The highest BCUT2D eigenvalue weighted by Crippen LogP contribution is 2.43. The lowest BCUT2D eigenvalue weighted by Gasteiger charge is -2.38. The van der Waals surface area contributed by atoms with Crippen molar-refractivity contribution in [3.05, 3.63) is 140 Å². The highest BCUT2D eigenvalue weighted by Gasteiger charge is 2.52. The lowest BCUT2D eigenvalue weighted by molar-refractivity contribution is -0.157. The number of ether oxygens (including phenoxy) is 2. The van der Waals surface area contributed by atoms with Crippen molar-refractivity contribution in [1.82, 2.24) is 9.55 Å². The molecule has 3 aromatic carbocycles. The van der Waals surface area contributed by atoms with Crippen LogP contribution >= 0.6 is 0 Å². The third kappa shape index (κ3) is 4.87. The Morgan fingerprint density at radius 3 is 1.95 bits per heavy atom. The number of nitrogens with one attached hydrogen (secondary N) is 1. The van der Waals surface area contributed by atoms with E-state index in [1.807, 2.05) is 91.0 Å². The minimum absolute atomic E-state index is 0.0377. The van der Waals surface area contributed by atoms with Gasteiger partial charge in [0.25, 0.3) is 5.56 Å². The second kappa shape index (κ2) is 11.1. The van der Waals surface area contributed by atoms with E-state index in [1.165, 1.54) is 10.8 Å². The van der Waals surface area contributed by atoms with Crippen LogP contribution in [0, 0.1) is 6.92 Å². The first-order valence-electron chi connectivity index (χ1n) is 12.7. The third-order valence-corrected chi connectivity index (χ3v) is 7.38. The Balaban J connectivity index is 1.57. The van der Waals surface area contributed by atoms with Crippen LogP contribution in [-0.2, 0) is 19.9 Å². The van der Waals surface area contributed by atoms with Gasteiger partial charge in [-0.25, -0.2) is 10.7 Å². The fourth-order valence-corrected chi connectivity index (χ4v) is 5.24. The molecule has 0 unspecified atom stereocenters. The van der Waals surface area contributed by atoms with Gasteiger partial charge in [-0.2, -0.15) is 0 Å². The monoisotopic (exact) mass is 529 g/mol. The van der Waals surface area contributed by atoms with Gasteiger partial charge >= 0.3 is 5.69 Å². The SMILES string of the molecule is Cc1cn([C@H]2C[C@](CO)(ON)[C@@H](COC(c3ccccc3)(c3ccccc3)c3ccccc3)O2)c(=O)[nH]c1=O. The predicted octanol–water partition coefficient (Wildman–Crippen LogP) is 2.76. The summed E-state index contributed by atoms with van der Waals surface area (Å²) in [5, 5.41) is 10.4. The number of rotatable bonds is 9. The Hall–Kier alpha value is -3.86. The molecule has 0 saturated carbocycles. The average molecular weight is 530 g/mol. The average Bonchev–Trinajstić information content (AvgIpc) is 3.36. The number of nitrogens with zero attached hydrogens (tertiary/aromatic N) is 1. The summed E-state index contributed by atoms with van der Waals surface area (Å²) in [6, 6.07) is 29.5. The van der Waals surface area contributed by atoms with Gasteiger partial charge in [0.1, 0.15) is 23.5 Å². The van der Waals surface area contributed by atoms with E-state index in [0.717, 1.165) is 16.7 Å². The van der Waals surface area contributed by atoms with Crippen molar-refractivity contribution in [3.8, 4) is 0 Å². The molecule has 3 atom stereocenters. The van der Waals surface area contributed by atoms with E-state index in [4.69, 9.17) is 20.2 Å². The van der Waals surface area contributed by atoms with E-state index in [1.54, 1.807) is 6.92 Å². The normalized spacial score (nSPS) is 21.2. The van der Waals surface area contributed by atoms with E-state index >= 15 is 0 Å². The van der Waals surface area contributed by atoms with E-state index in [0.29, 0.717) is 5.56 Å². The number of hydrogen-bond acceptors (Lipinski definition) is 7. The molecule has 9 nitrogen and oxygen atoms in total. The summed E-state index contributed by atoms with van der Waals surface area (Å²) in [6.45, 7) is 1.08. The maximum absolute atomic E-state index is 12.6. The van der Waals surface area contributed by atoms with Crippen molar-refractivity contribution >= 4 is 0 Å². The fraction of sp³-hybridized carbons (Fsp3) is 0.267. The Morgan fingerprint density at radius 1 is 0.974 bits per heavy atom. The quantitative estimate of drug-likeness (QED) is 0.225. The van der Waals surface area contributed by atoms with E-state index in [2.05, 4.69) is 4.98 Å². The molecule has 0 bridgehead atoms. The van der Waals surface area contributed by atoms with Crippen LogP contribution in [0.2, 0.25) is 0 Å². The number of aromatic nitrogens is 2. The van der Waals surface area contributed by atoms with Crippen LogP contribution in [0.15, 0.2) is 107 Å². The molecule has 0 radical (unpaired) electrons. The molecule has 39 heavy (non-hydrogen) atoms. The molecular formula is C30H31N3O6. The molecule has 0 spiro atoms. The van der Waals surface area contributed by atoms with Crippen LogP contribution in [0.4, 0.5) is 0 Å². The second-order valence-electron chi connectivity index (χ2n) is 9.69. The van der Waals surface area contributed by atoms with Crippen molar-refractivity contribution in [3.63, 3.8) is 0 Å². The lowest BCUT2D eigenvalue weighted by Crippen LogP contribution is -2.50. The van der Waals surface area contributed by atoms with Crippen molar-refractivity contribution < 1.29 is 19.4 Å². The summed E-state index contributed by atoms with van der Waals surface area (Å²) < 4.78 is 14.4. The first kappa shape index (κ1) is 26.7. The molecule has 9 heteroatoms. The molecule has 1 aliphatic rings. The highest BCUT2D eigenvalue weighted by molar-refractivity contribution is 5.47. The summed E-state index contributed by atoms with van der Waals surface area (Å²) in [4.78, 5) is 32.2. The van der Waals surface area contributed by atoms with E-state index in [9.17, 15) is 14.7 Å². The van der Waals surface area contributed by atoms with Crippen LogP contribution in [0.3, 0.4) is 0 Å². The van der Waals surface area contributed by atoms with E-state index < -0.39 is 41.4 Å². The van der Waals surface area contributed by atoms with Gasteiger partial charge in [-0.15, -0.1) is 0 Å². The molecule has 4 N–H and O–H groups in total. The zero-order valence-electron chi connectivity index (χ0n) is 21.5. The van der Waals surface area contributed by atoms with Crippen molar-refractivity contribution in [1.29, 1.82) is 0 Å². The van der Waals surface area contributed by atoms with Gasteiger partial charge in [0.15, 0.2) is 0 Å². The Bertz CT molecular complexity index is 1400. The van der Waals surface area contributed by atoms with Gasteiger partial charge < -0.3 is 14.6 Å². The summed E-state index contributed by atoms with van der Waals surface area (Å²) >= 11 is 0. The maximum atomic E-state index is 12.6. The van der Waals surface area contributed by atoms with Crippen LogP contribution in [0.5, 0.6) is 0 Å². The van der Waals surface area contributed by atoms with Gasteiger partial charge in [0.2, 0.25) is 0 Å². The molecule has 202 valence electrons. The highest BCUT2D eigenvalue weighted by atomic mass is 16.7. The van der Waals surface area contributed by atoms with Gasteiger partial charge in [-0.05, 0) is 23.6 Å². The zero-order chi connectivity index (χ0) is 27.5. The standard InChI is InChI=1S/C30H31N3O6/c1-21-18-33(28(36)32-27(21)35)26-17-29(20-34,39-31)25(38-26)19-37-30(22-11-5-2-6-12-22,23-13-7-3-8-14-23)24-15-9-4-10-16-24/h2-16,18,25-26,34H,17,19-20,31H2,1H3,(H,32,35,36)/t25-,26-,29-/m1/s1. The van der Waals surface area contributed by atoms with Crippen LogP contribution in [0.1, 0.15) is 34.9 Å². The number of aromatic amines is 1. The Labute approximate surface area is 225 Å². The molecule has 1 saturated heterocycles. The Morgan fingerprint density at radius 2 is 1.49 bits per heavy atom. The van der Waals surface area contributed by atoms with E-state index in [-0.39, 0.29) is 13.0 Å². The molecule has 0 aliphatic carbocycles. The summed E-state index contributed by atoms with van der Waals surface area (Å²) in [5.41, 5.74) is -0.467. The fourth-order valence-electron chi connectivity index (χ4n) is 5.24. The maximum Gasteiger partial charge on any atom is 0.330 e.